The monoisotopic (exact) mass is 560 g/mol. The second kappa shape index (κ2) is 9.85. The van der Waals surface area contributed by atoms with E-state index in [1.54, 1.807) is 0 Å². The van der Waals surface area contributed by atoms with Gasteiger partial charge in [-0.25, -0.2) is 39.5 Å². The zero-order valence-electron chi connectivity index (χ0n) is 16.5. The number of hydrogen-bond acceptors (Lipinski definition) is 3. The lowest BCUT2D eigenvalue weighted by molar-refractivity contribution is 0.247. The molecule has 37 heavy (non-hydrogen) atoms. The fourth-order valence-electron chi connectivity index (χ4n) is 2.43. The third-order valence-corrected chi connectivity index (χ3v) is 4.15. The molecule has 0 aliphatic rings. The quantitative estimate of drug-likeness (QED) is 0.154. The molecule has 0 atom stereocenters. The van der Waals surface area contributed by atoms with Crippen molar-refractivity contribution in [3.63, 3.8) is 0 Å². The van der Waals surface area contributed by atoms with Crippen molar-refractivity contribution < 1.29 is 79.8 Å². The van der Waals surface area contributed by atoms with Gasteiger partial charge in [0.25, 0.3) is 0 Å². The lowest BCUT2D eigenvalue weighted by Crippen LogP contribution is -2.39. The molecule has 0 fully saturated rings. The van der Waals surface area contributed by atoms with E-state index in [0.717, 1.165) is 0 Å². The molecule has 0 spiro atoms. The van der Waals surface area contributed by atoms with Crippen LogP contribution in [0, 0.1) is 87.3 Å². The average molecular weight is 560 g/mol. The van der Waals surface area contributed by atoms with E-state index in [-0.39, 0.29) is 0 Å². The van der Waals surface area contributed by atoms with Crippen molar-refractivity contribution >= 4 is 7.32 Å². The Kier molecular flexibility index (Phi) is 7.36. The number of rotatable bonds is 6. The molecular weight excluding hydrogens is 560 g/mol. The van der Waals surface area contributed by atoms with Crippen molar-refractivity contribution in [3.8, 4) is 17.2 Å². The number of halogens is 15. The van der Waals surface area contributed by atoms with E-state index in [0.29, 0.717) is 0 Å². The molecule has 0 bridgehead atoms. The van der Waals surface area contributed by atoms with Gasteiger partial charge in [0.05, 0.1) is 0 Å². The van der Waals surface area contributed by atoms with Crippen LogP contribution in [0.4, 0.5) is 65.9 Å². The maximum Gasteiger partial charge on any atom is 0.521 e. The minimum Gasteiger partial charge on any atom is -0.664 e. The maximum atomic E-state index is 13.9. The van der Waals surface area contributed by atoms with Gasteiger partial charge in [0.1, 0.15) is 0 Å². The predicted octanol–water partition coefficient (Wildman–Crippen LogP) is 6.29. The van der Waals surface area contributed by atoms with Crippen LogP contribution in [0.25, 0.3) is 0 Å². The highest BCUT2D eigenvalue weighted by atomic mass is 19.2. The predicted molar refractivity (Wildman–Crippen MR) is 86.3 cm³/mol. The lowest BCUT2D eigenvalue weighted by atomic mass is 10.1. The first kappa shape index (κ1) is 27.7. The van der Waals surface area contributed by atoms with Crippen LogP contribution >= 0.6 is 0 Å². The maximum absolute atomic E-state index is 13.9. The molecule has 0 unspecified atom stereocenters. The molecule has 199 valence electrons. The molecule has 3 aromatic rings. The van der Waals surface area contributed by atoms with Gasteiger partial charge < -0.3 is 14.0 Å². The normalized spacial score (nSPS) is 11.4. The Morgan fingerprint density at radius 3 is 0.541 bits per heavy atom. The van der Waals surface area contributed by atoms with Crippen molar-refractivity contribution in [1.82, 2.24) is 0 Å². The molecule has 0 aliphatic carbocycles. The van der Waals surface area contributed by atoms with Crippen LogP contribution in [0.5, 0.6) is 17.2 Å². The zero-order valence-corrected chi connectivity index (χ0v) is 16.5. The summed E-state index contributed by atoms with van der Waals surface area (Å²) in [4.78, 5) is 0. The van der Waals surface area contributed by atoms with E-state index in [1.807, 2.05) is 0 Å². The lowest BCUT2D eigenvalue weighted by Gasteiger charge is -2.33. The SMILES string of the molecule is Fc1c(F)c(F)c(O[B-](Oc2c(F)c(F)c(F)c(F)c2F)Oc2c(F)c(F)c(F)c(F)c2F)c(F)c1F. The Hall–Kier alpha value is -3.93. The van der Waals surface area contributed by atoms with Crippen LogP contribution < -0.4 is 14.0 Å². The van der Waals surface area contributed by atoms with Gasteiger partial charge in [-0.2, -0.15) is 26.3 Å². The fourth-order valence-corrected chi connectivity index (χ4v) is 2.43. The minimum absolute atomic E-state index is 2.51. The molecule has 0 saturated heterocycles. The van der Waals surface area contributed by atoms with Crippen molar-refractivity contribution in [2.24, 2.45) is 0 Å². The summed E-state index contributed by atoms with van der Waals surface area (Å²) in [6, 6.07) is 0. The molecule has 0 saturated carbocycles. The molecule has 0 amide bonds. The van der Waals surface area contributed by atoms with Gasteiger partial charge in [0.2, 0.25) is 87.3 Å². The number of benzene rings is 3. The summed E-state index contributed by atoms with van der Waals surface area (Å²) >= 11 is 0. The van der Waals surface area contributed by atoms with Crippen LogP contribution in [0.1, 0.15) is 0 Å². The van der Waals surface area contributed by atoms with E-state index in [1.165, 1.54) is 0 Å². The van der Waals surface area contributed by atoms with Gasteiger partial charge >= 0.3 is 7.32 Å². The topological polar surface area (TPSA) is 27.7 Å². The van der Waals surface area contributed by atoms with Crippen LogP contribution in [-0.2, 0) is 0 Å². The Labute approximate surface area is 192 Å². The van der Waals surface area contributed by atoms with Crippen molar-refractivity contribution in [1.29, 1.82) is 0 Å². The summed E-state index contributed by atoms with van der Waals surface area (Å²) in [5, 5.41) is 0. The summed E-state index contributed by atoms with van der Waals surface area (Å²) in [6.45, 7) is 0. The molecule has 1 radical (unpaired) electrons. The molecule has 0 aliphatic heterocycles. The van der Waals surface area contributed by atoms with Gasteiger partial charge in [0.15, 0.2) is 17.2 Å². The first-order valence-corrected chi connectivity index (χ1v) is 8.65. The van der Waals surface area contributed by atoms with Crippen molar-refractivity contribution in [2.45, 2.75) is 0 Å². The Bertz CT molecular complexity index is 1170. The first-order valence-electron chi connectivity index (χ1n) is 8.65. The Balaban J connectivity index is 2.22. The van der Waals surface area contributed by atoms with Crippen molar-refractivity contribution in [2.75, 3.05) is 0 Å². The smallest absolute Gasteiger partial charge is 0.521 e. The zero-order chi connectivity index (χ0) is 28.1. The van der Waals surface area contributed by atoms with Crippen LogP contribution in [-0.4, -0.2) is 7.32 Å². The fraction of sp³-hybridized carbons (Fsp3) is 0. The van der Waals surface area contributed by atoms with Crippen LogP contribution in [0.3, 0.4) is 0 Å². The van der Waals surface area contributed by atoms with E-state index in [9.17, 15) is 65.9 Å². The first-order chi connectivity index (χ1) is 17.1. The Morgan fingerprint density at radius 1 is 0.243 bits per heavy atom. The minimum atomic E-state index is -3.75. The van der Waals surface area contributed by atoms with Gasteiger partial charge in [-0.05, 0) is 0 Å². The Morgan fingerprint density at radius 2 is 0.378 bits per heavy atom. The van der Waals surface area contributed by atoms with E-state index >= 15 is 0 Å². The molecule has 19 heteroatoms. The second-order valence-corrected chi connectivity index (χ2v) is 6.34. The van der Waals surface area contributed by atoms with Gasteiger partial charge in [-0.15, -0.1) is 0 Å². The van der Waals surface area contributed by atoms with E-state index in [2.05, 4.69) is 14.0 Å². The number of hydrogen-bond donors (Lipinski definition) is 0. The standard InChI is InChI=1S/C18BF15O3/c20-1-4(23)10(29)16(11(30)5(1)24)35-19(36-17-12(31)6(25)2(21)7(26)13(17)32)37-18-14(33)8(27)3(22)9(28)15(18)34/q-1. The highest BCUT2D eigenvalue weighted by Crippen LogP contribution is 2.35. The molecule has 3 aromatic carbocycles. The van der Waals surface area contributed by atoms with Gasteiger partial charge in [-0.3, -0.25) is 0 Å². The summed E-state index contributed by atoms with van der Waals surface area (Å²) in [6.07, 6.45) is 0. The summed E-state index contributed by atoms with van der Waals surface area (Å²) < 4.78 is 216. The third kappa shape index (κ3) is 4.52. The van der Waals surface area contributed by atoms with Crippen molar-refractivity contribution in [3.05, 3.63) is 87.3 Å². The molecule has 3 nitrogen and oxygen atoms in total. The molecule has 0 aromatic heterocycles. The van der Waals surface area contributed by atoms with Gasteiger partial charge in [-0.1, -0.05) is 0 Å². The molecular formula is C18BF15O3-. The highest BCUT2D eigenvalue weighted by molar-refractivity contribution is 6.39. The highest BCUT2D eigenvalue weighted by Gasteiger charge is 2.33. The summed E-state index contributed by atoms with van der Waals surface area (Å²) in [7, 11) is -3.75. The largest absolute Gasteiger partial charge is 0.664 e. The molecule has 0 heterocycles. The molecule has 0 N–H and O–H groups in total. The van der Waals surface area contributed by atoms with E-state index in [4.69, 9.17) is 0 Å². The molecule has 3 rings (SSSR count). The van der Waals surface area contributed by atoms with Crippen LogP contribution in [0.2, 0.25) is 0 Å². The summed E-state index contributed by atoms with van der Waals surface area (Å²) in [5.74, 6) is -50.0. The van der Waals surface area contributed by atoms with E-state index < -0.39 is 112 Å². The van der Waals surface area contributed by atoms with Crippen LogP contribution in [0.15, 0.2) is 0 Å². The second-order valence-electron chi connectivity index (χ2n) is 6.34. The third-order valence-electron chi connectivity index (χ3n) is 4.15. The average Bonchev–Trinajstić information content (AvgIpc) is 2.88. The summed E-state index contributed by atoms with van der Waals surface area (Å²) in [5.41, 5.74) is 0. The van der Waals surface area contributed by atoms with Gasteiger partial charge in [0, 0.05) is 0 Å².